The number of benzene rings is 1. The van der Waals surface area contributed by atoms with Gasteiger partial charge in [-0.2, -0.15) is 0 Å². The molecular weight excluding hydrogens is 192 g/mol. The molecule has 0 saturated carbocycles. The summed E-state index contributed by atoms with van der Waals surface area (Å²) in [6.07, 6.45) is 7.79. The smallest absolute Gasteiger partial charge is 0.00779 e. The zero-order valence-electron chi connectivity index (χ0n) is 11.0. The minimum atomic E-state index is 0.395. The average Bonchev–Trinajstić information content (AvgIpc) is 2.76. The molecule has 0 N–H and O–H groups in total. The third kappa shape index (κ3) is 2.03. The van der Waals surface area contributed by atoms with Crippen molar-refractivity contribution in [2.75, 3.05) is 0 Å². The van der Waals surface area contributed by atoms with Crippen LogP contribution in [-0.2, 0) is 18.3 Å². The van der Waals surface area contributed by atoms with Gasteiger partial charge in [0.15, 0.2) is 0 Å². The summed E-state index contributed by atoms with van der Waals surface area (Å²) in [6.45, 7) is 7.04. The molecule has 0 heteroatoms. The zero-order valence-corrected chi connectivity index (χ0v) is 11.0. The third-order valence-electron chi connectivity index (χ3n) is 4.38. The van der Waals surface area contributed by atoms with Gasteiger partial charge in [-0.3, -0.25) is 0 Å². The Morgan fingerprint density at radius 1 is 1.12 bits per heavy atom. The molecule has 88 valence electrons. The lowest BCUT2D eigenvalue weighted by molar-refractivity contribution is 0.413. The topological polar surface area (TPSA) is 0 Å². The van der Waals surface area contributed by atoms with Crippen LogP contribution in [0, 0.1) is 0 Å². The summed E-state index contributed by atoms with van der Waals surface area (Å²) >= 11 is 0. The first-order valence-electron chi connectivity index (χ1n) is 6.82. The van der Waals surface area contributed by atoms with Gasteiger partial charge in [0.25, 0.3) is 0 Å². The van der Waals surface area contributed by atoms with Crippen LogP contribution in [0.5, 0.6) is 0 Å². The second kappa shape index (κ2) is 4.61. The van der Waals surface area contributed by atoms with Gasteiger partial charge < -0.3 is 0 Å². The van der Waals surface area contributed by atoms with Gasteiger partial charge in [0.2, 0.25) is 0 Å². The van der Waals surface area contributed by atoms with Crippen LogP contribution in [0.15, 0.2) is 18.2 Å². The van der Waals surface area contributed by atoms with Crippen molar-refractivity contribution in [3.63, 3.8) is 0 Å². The van der Waals surface area contributed by atoms with Crippen molar-refractivity contribution in [3.05, 3.63) is 34.9 Å². The van der Waals surface area contributed by atoms with E-state index in [4.69, 9.17) is 0 Å². The highest BCUT2D eigenvalue weighted by atomic mass is 14.3. The lowest BCUT2D eigenvalue weighted by atomic mass is 9.76. The molecule has 0 heterocycles. The second-order valence-electron chi connectivity index (χ2n) is 5.50. The van der Waals surface area contributed by atoms with Gasteiger partial charge in [-0.15, -0.1) is 0 Å². The monoisotopic (exact) mass is 216 g/mol. The summed E-state index contributed by atoms with van der Waals surface area (Å²) in [5.41, 5.74) is 5.18. The molecule has 0 aliphatic heterocycles. The molecule has 0 nitrogen and oxygen atoms in total. The Labute approximate surface area is 100 Å². The van der Waals surface area contributed by atoms with Crippen LogP contribution < -0.4 is 0 Å². The van der Waals surface area contributed by atoms with E-state index in [1.54, 1.807) is 16.7 Å². The van der Waals surface area contributed by atoms with Crippen molar-refractivity contribution in [2.24, 2.45) is 0 Å². The first kappa shape index (κ1) is 11.7. The van der Waals surface area contributed by atoms with E-state index in [0.717, 1.165) is 0 Å². The number of hydrogen-bond donors (Lipinski definition) is 0. The summed E-state index contributed by atoms with van der Waals surface area (Å²) in [4.78, 5) is 0. The van der Waals surface area contributed by atoms with Crippen LogP contribution in [-0.4, -0.2) is 0 Å². The molecule has 0 fully saturated rings. The SMILES string of the molecule is CCCC(C)(CC)c1ccc2c(c1)CCC2. The number of hydrogen-bond acceptors (Lipinski definition) is 0. The lowest BCUT2D eigenvalue weighted by Gasteiger charge is -2.29. The van der Waals surface area contributed by atoms with Crippen molar-refractivity contribution in [1.82, 2.24) is 0 Å². The molecule has 2 rings (SSSR count). The summed E-state index contributed by atoms with van der Waals surface area (Å²) in [7, 11) is 0. The molecule has 1 aromatic rings. The van der Waals surface area contributed by atoms with Crippen LogP contribution in [0.4, 0.5) is 0 Å². The van der Waals surface area contributed by atoms with E-state index in [0.29, 0.717) is 5.41 Å². The molecule has 0 amide bonds. The molecular formula is C16H24. The summed E-state index contributed by atoms with van der Waals surface area (Å²) in [5.74, 6) is 0. The van der Waals surface area contributed by atoms with Crippen molar-refractivity contribution in [1.29, 1.82) is 0 Å². The van der Waals surface area contributed by atoms with Crippen LogP contribution in [0.3, 0.4) is 0 Å². The maximum absolute atomic E-state index is 2.49. The lowest BCUT2D eigenvalue weighted by Crippen LogP contribution is -2.20. The fourth-order valence-electron chi connectivity index (χ4n) is 3.02. The number of aryl methyl sites for hydroxylation is 2. The molecule has 16 heavy (non-hydrogen) atoms. The molecule has 0 saturated heterocycles. The van der Waals surface area contributed by atoms with E-state index in [2.05, 4.69) is 39.0 Å². The maximum atomic E-state index is 2.49. The van der Waals surface area contributed by atoms with Gasteiger partial charge in [-0.1, -0.05) is 45.4 Å². The standard InChI is InChI=1S/C16H24/c1-4-11-16(3,5-2)15-10-9-13-7-6-8-14(13)12-15/h9-10,12H,4-8,11H2,1-3H3. The van der Waals surface area contributed by atoms with Gasteiger partial charge >= 0.3 is 0 Å². The van der Waals surface area contributed by atoms with Gasteiger partial charge in [0.05, 0.1) is 0 Å². The van der Waals surface area contributed by atoms with Crippen LogP contribution >= 0.6 is 0 Å². The Kier molecular flexibility index (Phi) is 3.37. The molecule has 1 aliphatic carbocycles. The Hall–Kier alpha value is -0.780. The Balaban J connectivity index is 2.32. The van der Waals surface area contributed by atoms with E-state index >= 15 is 0 Å². The molecule has 1 aromatic carbocycles. The normalized spacial score (nSPS) is 18.2. The van der Waals surface area contributed by atoms with E-state index in [1.165, 1.54) is 38.5 Å². The van der Waals surface area contributed by atoms with Gasteiger partial charge in [-0.05, 0) is 54.2 Å². The van der Waals surface area contributed by atoms with Crippen molar-refractivity contribution >= 4 is 0 Å². The molecule has 1 atom stereocenters. The maximum Gasteiger partial charge on any atom is -0.00779 e. The summed E-state index contributed by atoms with van der Waals surface area (Å²) in [5, 5.41) is 0. The molecule has 1 unspecified atom stereocenters. The van der Waals surface area contributed by atoms with Gasteiger partial charge in [0.1, 0.15) is 0 Å². The Bertz CT molecular complexity index is 364. The van der Waals surface area contributed by atoms with Crippen molar-refractivity contribution in [2.45, 2.75) is 64.7 Å². The Morgan fingerprint density at radius 3 is 2.56 bits per heavy atom. The minimum absolute atomic E-state index is 0.395. The molecule has 1 aliphatic rings. The van der Waals surface area contributed by atoms with E-state index in [-0.39, 0.29) is 0 Å². The predicted molar refractivity (Wildman–Crippen MR) is 71.0 cm³/mol. The fraction of sp³-hybridized carbons (Fsp3) is 0.625. The van der Waals surface area contributed by atoms with Crippen molar-refractivity contribution < 1.29 is 0 Å². The summed E-state index contributed by atoms with van der Waals surface area (Å²) < 4.78 is 0. The molecule has 0 bridgehead atoms. The number of rotatable bonds is 4. The van der Waals surface area contributed by atoms with Gasteiger partial charge in [-0.25, -0.2) is 0 Å². The third-order valence-corrected chi connectivity index (χ3v) is 4.38. The molecule has 0 spiro atoms. The van der Waals surface area contributed by atoms with Crippen LogP contribution in [0.1, 0.15) is 63.1 Å². The highest BCUT2D eigenvalue weighted by molar-refractivity contribution is 5.38. The van der Waals surface area contributed by atoms with E-state index in [1.807, 2.05) is 0 Å². The Morgan fingerprint density at radius 2 is 1.88 bits per heavy atom. The average molecular weight is 216 g/mol. The zero-order chi connectivity index (χ0) is 11.6. The van der Waals surface area contributed by atoms with Crippen molar-refractivity contribution in [3.8, 4) is 0 Å². The highest BCUT2D eigenvalue weighted by Gasteiger charge is 2.24. The first-order chi connectivity index (χ1) is 7.69. The highest BCUT2D eigenvalue weighted by Crippen LogP contribution is 2.35. The fourth-order valence-corrected chi connectivity index (χ4v) is 3.02. The second-order valence-corrected chi connectivity index (χ2v) is 5.50. The summed E-state index contributed by atoms with van der Waals surface area (Å²) in [6, 6.07) is 7.24. The first-order valence-corrected chi connectivity index (χ1v) is 6.82. The molecule has 0 radical (unpaired) electrons. The molecule has 0 aromatic heterocycles. The minimum Gasteiger partial charge on any atom is -0.0654 e. The quantitative estimate of drug-likeness (QED) is 0.687. The largest absolute Gasteiger partial charge is 0.0654 e. The number of fused-ring (bicyclic) bond motifs is 1. The van der Waals surface area contributed by atoms with E-state index in [9.17, 15) is 0 Å². The van der Waals surface area contributed by atoms with Gasteiger partial charge in [0, 0.05) is 0 Å². The van der Waals surface area contributed by atoms with Crippen LogP contribution in [0.25, 0.3) is 0 Å². The van der Waals surface area contributed by atoms with E-state index < -0.39 is 0 Å². The predicted octanol–water partition coefficient (Wildman–Crippen LogP) is 4.64. The van der Waals surface area contributed by atoms with Crippen LogP contribution in [0.2, 0.25) is 0 Å².